The lowest BCUT2D eigenvalue weighted by atomic mass is 10.1. The minimum atomic E-state index is -3.88. The fourth-order valence-electron chi connectivity index (χ4n) is 1.10. The smallest absolute Gasteiger partial charge is 0.241 e. The normalized spacial score (nSPS) is 12.2. The lowest BCUT2D eigenvalue weighted by Gasteiger charge is -2.22. The van der Waals surface area contributed by atoms with Crippen molar-refractivity contribution < 1.29 is 13.2 Å². The molecule has 0 spiro atoms. The Morgan fingerprint density at radius 2 is 2.06 bits per heavy atom. The van der Waals surface area contributed by atoms with Gasteiger partial charge in [0.1, 0.15) is 11.4 Å². The van der Waals surface area contributed by atoms with E-state index >= 15 is 0 Å². The lowest BCUT2D eigenvalue weighted by Crippen LogP contribution is -2.52. The molecule has 6 N–H and O–H groups in total. The van der Waals surface area contributed by atoms with Crippen molar-refractivity contribution in [2.24, 2.45) is 11.6 Å². The van der Waals surface area contributed by atoms with Crippen molar-refractivity contribution in [3.05, 3.63) is 18.3 Å². The Hall–Kier alpha value is -1.71. The number of nitrogen functional groups attached to an aromatic ring is 1. The number of aromatic nitrogens is 1. The number of pyridine rings is 1. The molecule has 1 aromatic rings. The predicted octanol–water partition coefficient (Wildman–Crippen LogP) is -1.09. The molecule has 0 aliphatic heterocycles. The Morgan fingerprint density at radius 3 is 2.56 bits per heavy atom. The monoisotopic (exact) mass is 273 g/mol. The number of amides is 1. The molecule has 1 aromatic heterocycles. The number of hydrazine groups is 1. The number of hydrogen-bond donors (Lipinski definition) is 4. The maximum atomic E-state index is 12.0. The molecular formula is C9H15N5O3S. The Morgan fingerprint density at radius 1 is 1.44 bits per heavy atom. The van der Waals surface area contributed by atoms with Gasteiger partial charge >= 0.3 is 0 Å². The highest BCUT2D eigenvalue weighted by atomic mass is 32.2. The number of sulfonamides is 1. The van der Waals surface area contributed by atoms with Gasteiger partial charge in [-0.15, -0.1) is 0 Å². The van der Waals surface area contributed by atoms with Gasteiger partial charge in [0.05, 0.1) is 4.90 Å². The number of nitrogens with two attached hydrogens (primary N) is 2. The van der Waals surface area contributed by atoms with Crippen molar-refractivity contribution in [2.45, 2.75) is 24.3 Å². The SMILES string of the molecule is CC(C)(NS(=O)(=O)c1ccnc(NN)c1)C(N)=O. The van der Waals surface area contributed by atoms with Crippen LogP contribution in [0.4, 0.5) is 5.82 Å². The first-order chi connectivity index (χ1) is 8.19. The zero-order valence-electron chi connectivity index (χ0n) is 9.97. The maximum absolute atomic E-state index is 12.0. The Balaban J connectivity index is 3.10. The van der Waals surface area contributed by atoms with Crippen LogP contribution >= 0.6 is 0 Å². The van der Waals surface area contributed by atoms with Crippen LogP contribution in [-0.2, 0) is 14.8 Å². The zero-order chi connectivity index (χ0) is 14.0. The van der Waals surface area contributed by atoms with Gasteiger partial charge in [0, 0.05) is 12.3 Å². The van der Waals surface area contributed by atoms with Crippen LogP contribution in [0.3, 0.4) is 0 Å². The summed E-state index contributed by atoms with van der Waals surface area (Å²) in [7, 11) is -3.88. The fourth-order valence-corrected chi connectivity index (χ4v) is 2.50. The second-order valence-corrected chi connectivity index (χ2v) is 5.80. The number of carbonyl (C=O) groups is 1. The summed E-state index contributed by atoms with van der Waals surface area (Å²) in [5, 5.41) is 0. The van der Waals surface area contributed by atoms with E-state index in [1.807, 2.05) is 0 Å². The van der Waals surface area contributed by atoms with E-state index in [9.17, 15) is 13.2 Å². The van der Waals surface area contributed by atoms with E-state index in [0.29, 0.717) is 0 Å². The minimum absolute atomic E-state index is 0.0697. The molecule has 9 heteroatoms. The van der Waals surface area contributed by atoms with E-state index in [-0.39, 0.29) is 10.7 Å². The summed E-state index contributed by atoms with van der Waals surface area (Å²) in [6.45, 7) is 2.74. The van der Waals surface area contributed by atoms with E-state index < -0.39 is 21.5 Å². The van der Waals surface area contributed by atoms with Crippen molar-refractivity contribution in [2.75, 3.05) is 5.43 Å². The average Bonchev–Trinajstić information content (AvgIpc) is 2.27. The molecule has 18 heavy (non-hydrogen) atoms. The first kappa shape index (κ1) is 14.4. The molecule has 1 heterocycles. The van der Waals surface area contributed by atoms with Gasteiger partial charge in [-0.2, -0.15) is 4.72 Å². The first-order valence-electron chi connectivity index (χ1n) is 4.95. The molecule has 0 radical (unpaired) electrons. The van der Waals surface area contributed by atoms with E-state index in [0.717, 1.165) is 0 Å². The second-order valence-electron chi connectivity index (χ2n) is 4.12. The zero-order valence-corrected chi connectivity index (χ0v) is 10.8. The molecule has 0 bridgehead atoms. The van der Waals surface area contributed by atoms with Gasteiger partial charge in [-0.05, 0) is 19.9 Å². The predicted molar refractivity (Wildman–Crippen MR) is 65.6 cm³/mol. The number of carbonyl (C=O) groups excluding carboxylic acids is 1. The van der Waals surface area contributed by atoms with Crippen LogP contribution in [0.15, 0.2) is 23.2 Å². The fraction of sp³-hybridized carbons (Fsp3) is 0.333. The van der Waals surface area contributed by atoms with Gasteiger partial charge in [-0.25, -0.2) is 19.2 Å². The second kappa shape index (κ2) is 4.88. The van der Waals surface area contributed by atoms with Gasteiger partial charge in [-0.1, -0.05) is 0 Å². The molecule has 0 fully saturated rings. The van der Waals surface area contributed by atoms with Crippen molar-refractivity contribution in [3.8, 4) is 0 Å². The Bertz CT molecular complexity index is 555. The third kappa shape index (κ3) is 3.15. The van der Waals surface area contributed by atoms with E-state index in [2.05, 4.69) is 15.1 Å². The molecule has 0 atom stereocenters. The van der Waals surface area contributed by atoms with Crippen LogP contribution in [0.1, 0.15) is 13.8 Å². The van der Waals surface area contributed by atoms with Crippen LogP contribution in [0.25, 0.3) is 0 Å². The quantitative estimate of drug-likeness (QED) is 0.397. The maximum Gasteiger partial charge on any atom is 0.241 e. The van der Waals surface area contributed by atoms with Crippen LogP contribution in [0.2, 0.25) is 0 Å². The van der Waals surface area contributed by atoms with Crippen LogP contribution < -0.4 is 21.7 Å². The van der Waals surface area contributed by atoms with Gasteiger partial charge in [0.25, 0.3) is 0 Å². The van der Waals surface area contributed by atoms with Crippen molar-refractivity contribution in [1.29, 1.82) is 0 Å². The highest BCUT2D eigenvalue weighted by Gasteiger charge is 2.31. The number of rotatable bonds is 5. The summed E-state index contributed by atoms with van der Waals surface area (Å²) in [6, 6.07) is 2.51. The molecule has 0 saturated heterocycles. The Labute approximate surface area is 105 Å². The highest BCUT2D eigenvalue weighted by molar-refractivity contribution is 7.89. The molecule has 8 nitrogen and oxygen atoms in total. The van der Waals surface area contributed by atoms with Crippen molar-refractivity contribution in [3.63, 3.8) is 0 Å². The molecule has 0 aliphatic rings. The minimum Gasteiger partial charge on any atom is -0.368 e. The van der Waals surface area contributed by atoms with Gasteiger partial charge in [0.2, 0.25) is 15.9 Å². The summed E-state index contributed by atoms with van der Waals surface area (Å²) < 4.78 is 26.2. The average molecular weight is 273 g/mol. The summed E-state index contributed by atoms with van der Waals surface area (Å²) >= 11 is 0. The summed E-state index contributed by atoms with van der Waals surface area (Å²) in [4.78, 5) is 14.8. The van der Waals surface area contributed by atoms with Crippen molar-refractivity contribution >= 4 is 21.7 Å². The number of nitrogens with one attached hydrogen (secondary N) is 2. The van der Waals surface area contributed by atoms with Crippen LogP contribution in [0, 0.1) is 0 Å². The van der Waals surface area contributed by atoms with E-state index in [1.54, 1.807) is 0 Å². The standard InChI is InChI=1S/C9H15N5O3S/c1-9(2,8(10)15)14-18(16,17)6-3-4-12-7(5-6)13-11/h3-5,14H,11H2,1-2H3,(H2,10,15)(H,12,13). The molecular weight excluding hydrogens is 258 g/mol. The van der Waals surface area contributed by atoms with Crippen molar-refractivity contribution in [1.82, 2.24) is 9.71 Å². The number of hydrogen-bond acceptors (Lipinski definition) is 6. The third-order valence-electron chi connectivity index (χ3n) is 2.20. The topological polar surface area (TPSA) is 140 Å². The molecule has 0 saturated carbocycles. The molecule has 1 amide bonds. The molecule has 0 aromatic carbocycles. The molecule has 1 rings (SSSR count). The van der Waals surface area contributed by atoms with Gasteiger partial charge < -0.3 is 11.2 Å². The molecule has 100 valence electrons. The van der Waals surface area contributed by atoms with Crippen LogP contribution in [0.5, 0.6) is 0 Å². The number of anilines is 1. The first-order valence-corrected chi connectivity index (χ1v) is 6.44. The number of nitrogens with zero attached hydrogens (tertiary/aromatic N) is 1. The van der Waals surface area contributed by atoms with Gasteiger partial charge in [-0.3, -0.25) is 4.79 Å². The molecule has 0 aliphatic carbocycles. The largest absolute Gasteiger partial charge is 0.368 e. The summed E-state index contributed by atoms with van der Waals surface area (Å²) in [6.07, 6.45) is 1.28. The number of primary amides is 1. The van der Waals surface area contributed by atoms with Gasteiger partial charge in [0.15, 0.2) is 0 Å². The van der Waals surface area contributed by atoms with Crippen LogP contribution in [-0.4, -0.2) is 24.8 Å². The summed E-state index contributed by atoms with van der Waals surface area (Å²) in [5.41, 5.74) is 5.94. The summed E-state index contributed by atoms with van der Waals surface area (Å²) in [5.74, 6) is 4.54. The lowest BCUT2D eigenvalue weighted by molar-refractivity contribution is -0.122. The van der Waals surface area contributed by atoms with E-state index in [4.69, 9.17) is 11.6 Å². The Kier molecular flexibility index (Phi) is 3.89. The highest BCUT2D eigenvalue weighted by Crippen LogP contribution is 2.14. The van der Waals surface area contributed by atoms with E-state index in [1.165, 1.54) is 32.2 Å². The molecule has 0 unspecified atom stereocenters. The third-order valence-corrected chi connectivity index (χ3v) is 3.85.